The van der Waals surface area contributed by atoms with Gasteiger partial charge in [-0.05, 0) is 60.5 Å². The van der Waals surface area contributed by atoms with Gasteiger partial charge in [-0.25, -0.2) is 4.79 Å². The Kier molecular flexibility index (Phi) is 5.89. The van der Waals surface area contributed by atoms with Gasteiger partial charge >= 0.3 is 5.97 Å². The van der Waals surface area contributed by atoms with E-state index in [0.29, 0.717) is 18.1 Å². The SMILES string of the molecule is CCOc1cc(C=CC(=O)O)cc(Br)c1OC(C)C. The zero-order chi connectivity index (χ0) is 14.4. The predicted molar refractivity (Wildman–Crippen MR) is 77.7 cm³/mol. The Bertz CT molecular complexity index is 481. The second-order valence-corrected chi connectivity index (χ2v) is 4.96. The monoisotopic (exact) mass is 328 g/mol. The molecule has 0 spiro atoms. The predicted octanol–water partition coefficient (Wildman–Crippen LogP) is 3.73. The molecule has 0 aliphatic heterocycles. The first-order chi connectivity index (χ1) is 8.93. The van der Waals surface area contributed by atoms with Crippen molar-refractivity contribution in [1.29, 1.82) is 0 Å². The molecule has 0 bridgehead atoms. The van der Waals surface area contributed by atoms with Crippen molar-refractivity contribution in [3.05, 3.63) is 28.2 Å². The van der Waals surface area contributed by atoms with Gasteiger partial charge in [-0.2, -0.15) is 0 Å². The van der Waals surface area contributed by atoms with Crippen LogP contribution in [0.3, 0.4) is 0 Å². The number of rotatable bonds is 6. The molecule has 0 atom stereocenters. The van der Waals surface area contributed by atoms with Crippen LogP contribution in [0.1, 0.15) is 26.3 Å². The standard InChI is InChI=1S/C14H17BrO4/c1-4-18-12-8-10(5-6-13(16)17)7-11(15)14(12)19-9(2)3/h5-9H,4H2,1-3H3,(H,16,17). The summed E-state index contributed by atoms with van der Waals surface area (Å²) >= 11 is 3.42. The Balaban J connectivity index is 3.16. The number of hydrogen-bond acceptors (Lipinski definition) is 3. The third-order valence-electron chi connectivity index (χ3n) is 2.10. The first-order valence-electron chi connectivity index (χ1n) is 5.98. The largest absolute Gasteiger partial charge is 0.490 e. The average molecular weight is 329 g/mol. The molecule has 0 saturated heterocycles. The third kappa shape index (κ3) is 4.95. The lowest BCUT2D eigenvalue weighted by molar-refractivity contribution is -0.131. The van der Waals surface area contributed by atoms with Gasteiger partial charge in [-0.3, -0.25) is 0 Å². The highest BCUT2D eigenvalue weighted by Crippen LogP contribution is 2.37. The van der Waals surface area contributed by atoms with E-state index >= 15 is 0 Å². The number of carboxylic acids is 1. The fourth-order valence-corrected chi connectivity index (χ4v) is 2.02. The highest BCUT2D eigenvalue weighted by molar-refractivity contribution is 9.10. The summed E-state index contributed by atoms with van der Waals surface area (Å²) in [4.78, 5) is 10.5. The Hall–Kier alpha value is -1.49. The van der Waals surface area contributed by atoms with Gasteiger partial charge in [0.05, 0.1) is 17.2 Å². The molecule has 0 heterocycles. The summed E-state index contributed by atoms with van der Waals surface area (Å²) in [5, 5.41) is 8.64. The summed E-state index contributed by atoms with van der Waals surface area (Å²) in [6, 6.07) is 3.55. The van der Waals surface area contributed by atoms with Crippen molar-refractivity contribution in [2.75, 3.05) is 6.61 Å². The lowest BCUT2D eigenvalue weighted by Gasteiger charge is -2.16. The lowest BCUT2D eigenvalue weighted by Crippen LogP contribution is -2.08. The van der Waals surface area contributed by atoms with Crippen molar-refractivity contribution < 1.29 is 19.4 Å². The Morgan fingerprint density at radius 2 is 2.16 bits per heavy atom. The Morgan fingerprint density at radius 3 is 2.68 bits per heavy atom. The number of ether oxygens (including phenoxy) is 2. The van der Waals surface area contributed by atoms with E-state index in [1.807, 2.05) is 20.8 Å². The Morgan fingerprint density at radius 1 is 1.47 bits per heavy atom. The summed E-state index contributed by atoms with van der Waals surface area (Å²) in [6.07, 6.45) is 2.62. The fraction of sp³-hybridized carbons (Fsp3) is 0.357. The van der Waals surface area contributed by atoms with Crippen LogP contribution in [0.5, 0.6) is 11.5 Å². The zero-order valence-electron chi connectivity index (χ0n) is 11.1. The maximum Gasteiger partial charge on any atom is 0.328 e. The summed E-state index contributed by atoms with van der Waals surface area (Å²) in [5.41, 5.74) is 0.730. The van der Waals surface area contributed by atoms with E-state index in [4.69, 9.17) is 14.6 Å². The molecule has 1 aromatic carbocycles. The van der Waals surface area contributed by atoms with Crippen LogP contribution in [-0.2, 0) is 4.79 Å². The topological polar surface area (TPSA) is 55.8 Å². The molecule has 1 aromatic rings. The quantitative estimate of drug-likeness (QED) is 0.808. The maximum atomic E-state index is 10.5. The van der Waals surface area contributed by atoms with E-state index in [2.05, 4.69) is 15.9 Å². The van der Waals surface area contributed by atoms with Gasteiger partial charge in [-0.1, -0.05) is 0 Å². The van der Waals surface area contributed by atoms with E-state index in [9.17, 15) is 4.79 Å². The first kappa shape index (κ1) is 15.6. The van der Waals surface area contributed by atoms with Crippen molar-refractivity contribution >= 4 is 28.0 Å². The van der Waals surface area contributed by atoms with Crippen molar-refractivity contribution in [1.82, 2.24) is 0 Å². The number of carboxylic acid groups (broad SMARTS) is 1. The zero-order valence-corrected chi connectivity index (χ0v) is 12.7. The van der Waals surface area contributed by atoms with Gasteiger partial charge in [-0.15, -0.1) is 0 Å². The van der Waals surface area contributed by atoms with Gasteiger partial charge < -0.3 is 14.6 Å². The highest BCUT2D eigenvalue weighted by Gasteiger charge is 2.12. The minimum Gasteiger partial charge on any atom is -0.490 e. The second-order valence-electron chi connectivity index (χ2n) is 4.10. The normalized spacial score (nSPS) is 11.0. The van der Waals surface area contributed by atoms with Crippen LogP contribution in [0.25, 0.3) is 6.08 Å². The molecule has 0 unspecified atom stereocenters. The fourth-order valence-electron chi connectivity index (χ4n) is 1.46. The van der Waals surface area contributed by atoms with Crippen LogP contribution in [0.2, 0.25) is 0 Å². The number of carbonyl (C=O) groups is 1. The molecule has 0 aliphatic rings. The highest BCUT2D eigenvalue weighted by atomic mass is 79.9. The summed E-state index contributed by atoms with van der Waals surface area (Å²) in [7, 11) is 0. The third-order valence-corrected chi connectivity index (χ3v) is 2.69. The van der Waals surface area contributed by atoms with Crippen LogP contribution >= 0.6 is 15.9 Å². The Labute approximate surface area is 121 Å². The average Bonchev–Trinajstić information content (AvgIpc) is 2.31. The summed E-state index contributed by atoms with van der Waals surface area (Å²) in [5.74, 6) is 0.233. The van der Waals surface area contributed by atoms with Gasteiger partial charge in [0, 0.05) is 6.08 Å². The number of hydrogen-bond donors (Lipinski definition) is 1. The molecule has 0 aromatic heterocycles. The van der Waals surface area contributed by atoms with E-state index in [1.165, 1.54) is 6.08 Å². The van der Waals surface area contributed by atoms with Gasteiger partial charge in [0.2, 0.25) is 0 Å². The van der Waals surface area contributed by atoms with Crippen molar-refractivity contribution in [2.45, 2.75) is 26.9 Å². The molecule has 0 aliphatic carbocycles. The summed E-state index contributed by atoms with van der Waals surface area (Å²) < 4.78 is 12.0. The molecule has 1 N–H and O–H groups in total. The van der Waals surface area contributed by atoms with E-state index in [0.717, 1.165) is 16.1 Å². The van der Waals surface area contributed by atoms with E-state index in [-0.39, 0.29) is 6.10 Å². The molecule has 0 saturated carbocycles. The van der Waals surface area contributed by atoms with Gasteiger partial charge in [0.1, 0.15) is 0 Å². The molecule has 0 fully saturated rings. The molecule has 5 heteroatoms. The van der Waals surface area contributed by atoms with Crippen LogP contribution in [0.15, 0.2) is 22.7 Å². The number of halogens is 1. The molecule has 0 radical (unpaired) electrons. The number of aliphatic carboxylic acids is 1. The van der Waals surface area contributed by atoms with Crippen molar-refractivity contribution in [2.24, 2.45) is 0 Å². The van der Waals surface area contributed by atoms with Gasteiger partial charge in [0.15, 0.2) is 11.5 Å². The molecule has 4 nitrogen and oxygen atoms in total. The van der Waals surface area contributed by atoms with Gasteiger partial charge in [0.25, 0.3) is 0 Å². The van der Waals surface area contributed by atoms with Crippen molar-refractivity contribution in [3.63, 3.8) is 0 Å². The molecular formula is C14H17BrO4. The van der Waals surface area contributed by atoms with Crippen LogP contribution in [0.4, 0.5) is 0 Å². The number of benzene rings is 1. The first-order valence-corrected chi connectivity index (χ1v) is 6.77. The lowest BCUT2D eigenvalue weighted by atomic mass is 10.2. The second kappa shape index (κ2) is 7.19. The minimum absolute atomic E-state index is 0.0240. The summed E-state index contributed by atoms with van der Waals surface area (Å²) in [6.45, 7) is 6.25. The van der Waals surface area contributed by atoms with E-state index < -0.39 is 5.97 Å². The van der Waals surface area contributed by atoms with E-state index in [1.54, 1.807) is 12.1 Å². The minimum atomic E-state index is -0.989. The smallest absolute Gasteiger partial charge is 0.328 e. The molecule has 0 amide bonds. The van der Waals surface area contributed by atoms with Crippen LogP contribution in [0, 0.1) is 0 Å². The molecular weight excluding hydrogens is 312 g/mol. The molecule has 19 heavy (non-hydrogen) atoms. The molecule has 1 rings (SSSR count). The molecule has 104 valence electrons. The van der Waals surface area contributed by atoms with Crippen molar-refractivity contribution in [3.8, 4) is 11.5 Å². The van der Waals surface area contributed by atoms with Crippen LogP contribution in [-0.4, -0.2) is 23.8 Å². The maximum absolute atomic E-state index is 10.5. The van der Waals surface area contributed by atoms with Crippen LogP contribution < -0.4 is 9.47 Å².